The average Bonchev–Trinajstić information content (AvgIpc) is 3.72. The van der Waals surface area contributed by atoms with Gasteiger partial charge in [-0.3, -0.25) is 0 Å². The van der Waals surface area contributed by atoms with Crippen LogP contribution in [0.5, 0.6) is 0 Å². The minimum atomic E-state index is -0.401. The van der Waals surface area contributed by atoms with E-state index in [-0.39, 0.29) is 29.7 Å². The second-order valence-corrected chi connectivity index (χ2v) is 15.8. The van der Waals surface area contributed by atoms with E-state index < -0.39 is 6.04 Å². The average molecular weight is 794 g/mol. The number of para-hydroxylation sites is 1. The Balaban J connectivity index is 0.930. The molecule has 0 atom stereocenters. The number of aromatic nitrogens is 1. The van der Waals surface area contributed by atoms with Crippen molar-refractivity contribution in [1.29, 1.82) is 0 Å². The Kier molecular flexibility index (Phi) is 7.35. The minimum Gasteiger partial charge on any atom is -0.310 e. The van der Waals surface area contributed by atoms with Gasteiger partial charge in [-0.2, -0.15) is 0 Å². The van der Waals surface area contributed by atoms with Crippen LogP contribution in [0.3, 0.4) is 0 Å². The van der Waals surface area contributed by atoms with Gasteiger partial charge in [0.1, 0.15) is 0 Å². The van der Waals surface area contributed by atoms with Gasteiger partial charge in [0.2, 0.25) is 0 Å². The first-order valence-corrected chi connectivity index (χ1v) is 20.9. The Morgan fingerprint density at radius 2 is 0.968 bits per heavy atom. The number of anilines is 3. The third-order valence-corrected chi connectivity index (χ3v) is 12.2. The summed E-state index contributed by atoms with van der Waals surface area (Å²) in [6.45, 7) is 0. The number of fused-ring (bicyclic) bond motifs is 7. The molecule has 0 aliphatic heterocycles. The highest BCUT2D eigenvalue weighted by molar-refractivity contribution is 6.19. The fourth-order valence-electron chi connectivity index (χ4n) is 9.29. The Morgan fingerprint density at radius 3 is 1.77 bits per heavy atom. The maximum absolute atomic E-state index is 8.56. The van der Waals surface area contributed by atoms with E-state index in [2.05, 4.69) is 179 Å². The van der Waals surface area contributed by atoms with Crippen molar-refractivity contribution in [3.05, 3.63) is 243 Å². The lowest BCUT2D eigenvalue weighted by atomic mass is 9.94. The third-order valence-electron chi connectivity index (χ3n) is 12.2. The first-order chi connectivity index (χ1) is 32.8. The molecule has 2 nitrogen and oxygen atoms in total. The van der Waals surface area contributed by atoms with Crippen molar-refractivity contribution in [2.75, 3.05) is 4.90 Å². The topological polar surface area (TPSA) is 8.17 Å². The monoisotopic (exact) mass is 793 g/mol. The Morgan fingerprint density at radius 1 is 0.355 bits per heavy atom. The lowest BCUT2D eigenvalue weighted by Gasteiger charge is -2.27. The summed E-state index contributed by atoms with van der Waals surface area (Å²) in [6, 6.07) is 73.3. The van der Waals surface area contributed by atoms with Crippen LogP contribution in [0.1, 0.15) is 6.85 Å². The van der Waals surface area contributed by atoms with Crippen LogP contribution in [0.4, 0.5) is 17.1 Å². The zero-order valence-corrected chi connectivity index (χ0v) is 33.6. The highest BCUT2D eigenvalue weighted by Crippen LogP contribution is 2.43. The number of hydrogen-bond acceptors (Lipinski definition) is 1. The van der Waals surface area contributed by atoms with Crippen LogP contribution in [-0.2, 0) is 0 Å². The predicted molar refractivity (Wildman–Crippen MR) is 264 cm³/mol. The van der Waals surface area contributed by atoms with Gasteiger partial charge in [0.15, 0.2) is 0 Å². The van der Waals surface area contributed by atoms with E-state index in [1.807, 2.05) is 42.5 Å². The van der Waals surface area contributed by atoms with Crippen molar-refractivity contribution < 1.29 is 6.85 Å². The van der Waals surface area contributed by atoms with E-state index in [9.17, 15) is 0 Å². The summed E-state index contributed by atoms with van der Waals surface area (Å²) in [7, 11) is 0. The third kappa shape index (κ3) is 6.04. The predicted octanol–water partition coefficient (Wildman–Crippen LogP) is 16.7. The molecular weight excluding hydrogens is 749 g/mol. The van der Waals surface area contributed by atoms with Gasteiger partial charge < -0.3 is 9.47 Å². The maximum Gasteiger partial charge on any atom is 0.0629 e. The Labute approximate surface area is 367 Å². The second-order valence-electron chi connectivity index (χ2n) is 15.8. The summed E-state index contributed by atoms with van der Waals surface area (Å²) in [5.41, 5.74) is 11.6. The molecule has 0 aliphatic rings. The summed E-state index contributed by atoms with van der Waals surface area (Å²) in [5.74, 6) is 0. The summed E-state index contributed by atoms with van der Waals surface area (Å²) in [6.07, 6.45) is 0. The molecule has 12 rings (SSSR count). The van der Waals surface area contributed by atoms with Gasteiger partial charge in [-0.25, -0.2) is 0 Å². The fraction of sp³-hybridized carbons (Fsp3) is 0. The standard InChI is InChI=1S/C60H40N2/c1-3-13-41(14-4-1)43-27-32-50(33-28-43)61(49-18-5-2-6-19-49)58-38-36-52(54-21-11-12-22-55(54)58)46-25-23-44(24-26-46)48-31-37-59-57(40-48)56-35-30-45-16-9-10-20-53(45)60(56)62(59)51-34-29-42-15-7-8-17-47(42)39-51/h1-40H/i1D,3D,4D,13D,14D. The van der Waals surface area contributed by atoms with E-state index >= 15 is 0 Å². The molecule has 290 valence electrons. The zero-order chi connectivity index (χ0) is 45.3. The van der Waals surface area contributed by atoms with Gasteiger partial charge in [-0.05, 0) is 110 Å². The molecular formula is C60H40N2. The quantitative estimate of drug-likeness (QED) is 0.156. The number of hydrogen-bond donors (Lipinski definition) is 0. The van der Waals surface area contributed by atoms with Crippen LogP contribution in [0.2, 0.25) is 0 Å². The molecule has 1 heterocycles. The van der Waals surface area contributed by atoms with Gasteiger partial charge >= 0.3 is 0 Å². The van der Waals surface area contributed by atoms with Crippen LogP contribution < -0.4 is 4.90 Å². The van der Waals surface area contributed by atoms with Crippen LogP contribution in [0, 0.1) is 0 Å². The molecule has 0 saturated carbocycles. The summed E-state index contributed by atoms with van der Waals surface area (Å²) >= 11 is 0. The van der Waals surface area contributed by atoms with Crippen LogP contribution in [-0.4, -0.2) is 4.57 Å². The molecule has 62 heavy (non-hydrogen) atoms. The number of benzene rings is 11. The molecule has 11 aromatic carbocycles. The van der Waals surface area contributed by atoms with Gasteiger partial charge in [-0.15, -0.1) is 0 Å². The van der Waals surface area contributed by atoms with Crippen molar-refractivity contribution in [2.24, 2.45) is 0 Å². The van der Waals surface area contributed by atoms with Crippen molar-refractivity contribution in [3.63, 3.8) is 0 Å². The summed E-state index contributed by atoms with van der Waals surface area (Å²) in [5, 5.41) is 9.50. The maximum atomic E-state index is 8.56. The number of nitrogens with zero attached hydrogens (tertiary/aromatic N) is 2. The van der Waals surface area contributed by atoms with E-state index in [0.29, 0.717) is 5.56 Å². The minimum absolute atomic E-state index is 0.184. The number of rotatable bonds is 7. The second kappa shape index (κ2) is 14.8. The summed E-state index contributed by atoms with van der Waals surface area (Å²) < 4.78 is 44.1. The van der Waals surface area contributed by atoms with E-state index in [4.69, 9.17) is 6.85 Å². The molecule has 0 spiro atoms. The lowest BCUT2D eigenvalue weighted by molar-refractivity contribution is 1.19. The molecule has 0 aliphatic carbocycles. The lowest BCUT2D eigenvalue weighted by Crippen LogP contribution is -2.10. The molecule has 1 aromatic heterocycles. The normalized spacial score (nSPS) is 12.7. The first-order valence-electron chi connectivity index (χ1n) is 23.4. The van der Waals surface area contributed by atoms with Crippen molar-refractivity contribution >= 4 is 71.2 Å². The van der Waals surface area contributed by atoms with Crippen molar-refractivity contribution in [3.8, 4) is 39.1 Å². The fourth-order valence-corrected chi connectivity index (χ4v) is 9.29. The molecule has 0 radical (unpaired) electrons. The molecule has 0 unspecified atom stereocenters. The Hall–Kier alpha value is -8.20. The molecule has 0 saturated heterocycles. The van der Waals surface area contributed by atoms with Crippen LogP contribution in [0.15, 0.2) is 243 Å². The molecule has 12 aromatic rings. The van der Waals surface area contributed by atoms with E-state index in [0.717, 1.165) is 55.8 Å². The van der Waals surface area contributed by atoms with Gasteiger partial charge in [0.25, 0.3) is 0 Å². The van der Waals surface area contributed by atoms with Gasteiger partial charge in [0.05, 0.1) is 23.6 Å². The van der Waals surface area contributed by atoms with E-state index in [1.165, 1.54) is 43.4 Å². The molecule has 2 heteroatoms. The van der Waals surface area contributed by atoms with Crippen molar-refractivity contribution in [2.45, 2.75) is 0 Å². The molecule has 0 bridgehead atoms. The SMILES string of the molecule is [2H]c1c([2H])c([2H])c(-c2ccc(N(c3ccccc3)c3ccc(-c4ccc(-c5ccc6c(c5)c5ccc7ccccc7c5n6-c5ccc6ccccc6c5)cc4)c4ccccc34)cc2)c([2H])c1[2H]. The van der Waals surface area contributed by atoms with Crippen LogP contribution >= 0.6 is 0 Å². The van der Waals surface area contributed by atoms with E-state index in [1.54, 1.807) is 0 Å². The first kappa shape index (κ1) is 30.8. The zero-order valence-electron chi connectivity index (χ0n) is 38.6. The van der Waals surface area contributed by atoms with Gasteiger partial charge in [0, 0.05) is 38.6 Å². The molecule has 0 amide bonds. The molecule has 0 fully saturated rings. The summed E-state index contributed by atoms with van der Waals surface area (Å²) in [4.78, 5) is 2.21. The van der Waals surface area contributed by atoms with Crippen molar-refractivity contribution in [1.82, 2.24) is 4.57 Å². The van der Waals surface area contributed by atoms with Gasteiger partial charge in [-0.1, -0.05) is 188 Å². The van der Waals surface area contributed by atoms with Crippen LogP contribution in [0.25, 0.3) is 93.2 Å². The molecule has 0 N–H and O–H groups in total. The highest BCUT2D eigenvalue weighted by atomic mass is 15.1. The highest BCUT2D eigenvalue weighted by Gasteiger charge is 2.19. The largest absolute Gasteiger partial charge is 0.310 e. The smallest absolute Gasteiger partial charge is 0.0629 e. The Bertz CT molecular complexity index is 3890.